The molecule has 0 amide bonds. The van der Waals surface area contributed by atoms with Gasteiger partial charge in [0.15, 0.2) is 5.82 Å². The first-order valence-corrected chi connectivity index (χ1v) is 9.58. The minimum atomic E-state index is -0.517. The third-order valence-electron chi connectivity index (χ3n) is 4.57. The van der Waals surface area contributed by atoms with Crippen LogP contribution in [0.25, 0.3) is 11.3 Å². The summed E-state index contributed by atoms with van der Waals surface area (Å²) in [5.41, 5.74) is 8.72. The fourth-order valence-electron chi connectivity index (χ4n) is 3.24. The van der Waals surface area contributed by atoms with Crippen molar-refractivity contribution in [3.05, 3.63) is 47.2 Å². The summed E-state index contributed by atoms with van der Waals surface area (Å²) in [6.07, 6.45) is 0.984. The van der Waals surface area contributed by atoms with Crippen molar-refractivity contribution in [3.8, 4) is 23.2 Å². The molecule has 0 fully saturated rings. The summed E-state index contributed by atoms with van der Waals surface area (Å²) in [7, 11) is 3.61. The molecule has 0 spiro atoms. The van der Waals surface area contributed by atoms with Gasteiger partial charge in [0.05, 0.1) is 29.7 Å². The minimum absolute atomic E-state index is 0.115. The van der Waals surface area contributed by atoms with Crippen molar-refractivity contribution < 1.29 is 9.13 Å². The number of aryl methyl sites for hydroxylation is 1. The summed E-state index contributed by atoms with van der Waals surface area (Å²) in [4.78, 5) is 9.53. The molecule has 0 aliphatic carbocycles. The van der Waals surface area contributed by atoms with Crippen LogP contribution < -0.4 is 10.5 Å². The SMILES string of the molecule is CC1Oc2nc(cnc2N)-c2c(nn(C)c2C#N)CN(C)Sc2ccc(F)cc21. The quantitative estimate of drug-likeness (QED) is 0.563. The maximum absolute atomic E-state index is 13.9. The van der Waals surface area contributed by atoms with Crippen LogP contribution in [0, 0.1) is 17.1 Å². The summed E-state index contributed by atoms with van der Waals surface area (Å²) >= 11 is 1.45. The van der Waals surface area contributed by atoms with Gasteiger partial charge in [-0.2, -0.15) is 10.4 Å². The lowest BCUT2D eigenvalue weighted by molar-refractivity contribution is 0.215. The third-order valence-corrected chi connectivity index (χ3v) is 5.58. The Balaban J connectivity index is 1.93. The molecule has 0 saturated carbocycles. The molecule has 148 valence electrons. The van der Waals surface area contributed by atoms with Crippen molar-refractivity contribution in [2.75, 3.05) is 12.8 Å². The predicted octanol–water partition coefficient (Wildman–Crippen LogP) is 3.06. The van der Waals surface area contributed by atoms with E-state index in [9.17, 15) is 9.65 Å². The number of nitrogens with two attached hydrogens (primary N) is 1. The van der Waals surface area contributed by atoms with E-state index in [1.807, 2.05) is 11.4 Å². The summed E-state index contributed by atoms with van der Waals surface area (Å²) in [6, 6.07) is 6.74. The van der Waals surface area contributed by atoms with E-state index in [0.717, 1.165) is 4.90 Å². The molecule has 3 heterocycles. The Morgan fingerprint density at radius 2 is 2.17 bits per heavy atom. The number of halogens is 1. The smallest absolute Gasteiger partial charge is 0.258 e. The zero-order valence-corrected chi connectivity index (χ0v) is 16.9. The van der Waals surface area contributed by atoms with Gasteiger partial charge in [0.25, 0.3) is 5.88 Å². The largest absolute Gasteiger partial charge is 0.467 e. The van der Waals surface area contributed by atoms with E-state index < -0.39 is 6.10 Å². The number of ether oxygens (including phenoxy) is 1. The van der Waals surface area contributed by atoms with Crippen molar-refractivity contribution in [2.45, 2.75) is 24.5 Å². The van der Waals surface area contributed by atoms with Crippen molar-refractivity contribution >= 4 is 17.8 Å². The number of benzene rings is 1. The van der Waals surface area contributed by atoms with Crippen LogP contribution in [-0.2, 0) is 13.6 Å². The van der Waals surface area contributed by atoms with Crippen LogP contribution in [0.1, 0.15) is 30.0 Å². The number of hydrogen-bond donors (Lipinski definition) is 1. The zero-order chi connectivity index (χ0) is 20.7. The number of nitriles is 1. The average molecular weight is 411 g/mol. The molecular weight excluding hydrogens is 393 g/mol. The highest BCUT2D eigenvalue weighted by atomic mass is 32.2. The first-order valence-electron chi connectivity index (χ1n) is 8.81. The molecule has 1 aliphatic rings. The van der Waals surface area contributed by atoms with Gasteiger partial charge in [0.1, 0.15) is 23.7 Å². The maximum atomic E-state index is 13.9. The van der Waals surface area contributed by atoms with Gasteiger partial charge in [0.2, 0.25) is 0 Å². The number of fused-ring (bicyclic) bond motifs is 5. The van der Waals surface area contributed by atoms with E-state index in [-0.39, 0.29) is 17.5 Å². The lowest BCUT2D eigenvalue weighted by Gasteiger charge is -2.22. The van der Waals surface area contributed by atoms with Gasteiger partial charge in [-0.1, -0.05) is 0 Å². The number of hydrogen-bond acceptors (Lipinski definition) is 8. The van der Waals surface area contributed by atoms with Crippen LogP contribution in [0.4, 0.5) is 10.2 Å². The Kier molecular flexibility index (Phi) is 4.86. The van der Waals surface area contributed by atoms with Crippen LogP contribution in [0.15, 0.2) is 29.3 Å². The van der Waals surface area contributed by atoms with Gasteiger partial charge >= 0.3 is 0 Å². The topological polar surface area (TPSA) is 106 Å². The molecule has 8 nitrogen and oxygen atoms in total. The molecule has 1 unspecified atom stereocenters. The second kappa shape index (κ2) is 7.35. The Hall–Kier alpha value is -3.16. The second-order valence-corrected chi connectivity index (χ2v) is 7.92. The molecule has 2 bridgehead atoms. The summed E-state index contributed by atoms with van der Waals surface area (Å²) < 4.78 is 23.4. The molecule has 1 aromatic carbocycles. The lowest BCUT2D eigenvalue weighted by Crippen LogP contribution is -2.14. The Labute approximate surface area is 171 Å². The molecule has 1 atom stereocenters. The van der Waals surface area contributed by atoms with E-state index in [4.69, 9.17) is 10.5 Å². The van der Waals surface area contributed by atoms with E-state index in [2.05, 4.69) is 21.1 Å². The first-order chi connectivity index (χ1) is 13.9. The Morgan fingerprint density at radius 1 is 1.38 bits per heavy atom. The molecule has 4 rings (SSSR count). The van der Waals surface area contributed by atoms with Crippen LogP contribution >= 0.6 is 11.9 Å². The molecule has 1 aliphatic heterocycles. The van der Waals surface area contributed by atoms with Gasteiger partial charge in [-0.3, -0.25) is 4.68 Å². The Morgan fingerprint density at radius 3 is 2.93 bits per heavy atom. The van der Waals surface area contributed by atoms with Crippen molar-refractivity contribution in [2.24, 2.45) is 7.05 Å². The fourth-order valence-corrected chi connectivity index (χ4v) is 4.22. The van der Waals surface area contributed by atoms with Crippen molar-refractivity contribution in [1.82, 2.24) is 24.1 Å². The van der Waals surface area contributed by atoms with E-state index in [0.29, 0.717) is 34.8 Å². The standard InChI is InChI=1S/C19H18FN7OS/c1-10-12-6-11(20)4-5-16(12)29-26(2)9-14-17(15(7-21)27(3)25-14)13-8-23-18(22)19(24-13)28-10/h4-6,8,10H,9H2,1-3H3,(H2,22,23). The van der Waals surface area contributed by atoms with E-state index in [1.54, 1.807) is 20.0 Å². The second-order valence-electron chi connectivity index (χ2n) is 6.67. The monoisotopic (exact) mass is 411 g/mol. The number of nitrogens with zero attached hydrogens (tertiary/aromatic N) is 6. The number of nitrogen functional groups attached to an aromatic ring is 1. The number of rotatable bonds is 0. The Bertz CT molecular complexity index is 1140. The molecule has 10 heteroatoms. The molecule has 0 saturated heterocycles. The third kappa shape index (κ3) is 3.50. The number of aromatic nitrogens is 4. The van der Waals surface area contributed by atoms with Crippen LogP contribution in [0.3, 0.4) is 0 Å². The number of anilines is 1. The average Bonchev–Trinajstić information content (AvgIpc) is 2.98. The van der Waals surface area contributed by atoms with Crippen LogP contribution in [0.2, 0.25) is 0 Å². The van der Waals surface area contributed by atoms with Gasteiger partial charge < -0.3 is 10.5 Å². The fraction of sp³-hybridized carbons (Fsp3) is 0.263. The normalized spacial score (nSPS) is 16.6. The molecule has 3 aromatic rings. The maximum Gasteiger partial charge on any atom is 0.258 e. The molecular formula is C19H18FN7OS. The van der Waals surface area contributed by atoms with Crippen LogP contribution in [-0.4, -0.2) is 31.1 Å². The highest BCUT2D eigenvalue weighted by Crippen LogP contribution is 2.37. The highest BCUT2D eigenvalue weighted by molar-refractivity contribution is 7.97. The molecule has 2 N–H and O–H groups in total. The van der Waals surface area contributed by atoms with Crippen molar-refractivity contribution in [3.63, 3.8) is 0 Å². The highest BCUT2D eigenvalue weighted by Gasteiger charge is 2.25. The first kappa shape index (κ1) is 19.2. The molecule has 2 aromatic heterocycles. The van der Waals surface area contributed by atoms with Gasteiger partial charge in [-0.05, 0) is 44.1 Å². The van der Waals surface area contributed by atoms with E-state index in [1.165, 1.54) is 35.0 Å². The van der Waals surface area contributed by atoms with Crippen molar-refractivity contribution in [1.29, 1.82) is 5.26 Å². The predicted molar refractivity (Wildman–Crippen MR) is 106 cm³/mol. The zero-order valence-electron chi connectivity index (χ0n) is 16.0. The van der Waals surface area contributed by atoms with Gasteiger partial charge in [-0.25, -0.2) is 18.7 Å². The summed E-state index contributed by atoms with van der Waals surface area (Å²) in [5, 5.41) is 14.1. The summed E-state index contributed by atoms with van der Waals surface area (Å²) in [5.74, 6) is -0.111. The van der Waals surface area contributed by atoms with Crippen LogP contribution in [0.5, 0.6) is 5.88 Å². The molecule has 29 heavy (non-hydrogen) atoms. The minimum Gasteiger partial charge on any atom is -0.467 e. The lowest BCUT2D eigenvalue weighted by atomic mass is 10.1. The van der Waals surface area contributed by atoms with Gasteiger partial charge in [-0.15, -0.1) is 0 Å². The summed E-state index contributed by atoms with van der Waals surface area (Å²) in [6.45, 7) is 2.23. The van der Waals surface area contributed by atoms with E-state index >= 15 is 0 Å². The molecule has 0 radical (unpaired) electrons. The van der Waals surface area contributed by atoms with Gasteiger partial charge in [0, 0.05) is 17.5 Å².